The van der Waals surface area contributed by atoms with Gasteiger partial charge in [0, 0.05) is 32.4 Å². The fraction of sp³-hybridized carbons (Fsp3) is 0.438. The highest BCUT2D eigenvalue weighted by atomic mass is 19.1. The molecule has 0 spiro atoms. The van der Waals surface area contributed by atoms with Crippen LogP contribution >= 0.6 is 0 Å². The fourth-order valence-electron chi connectivity index (χ4n) is 2.85. The highest BCUT2D eigenvalue weighted by Gasteiger charge is 2.28. The van der Waals surface area contributed by atoms with Crippen molar-refractivity contribution >= 4 is 17.6 Å². The summed E-state index contributed by atoms with van der Waals surface area (Å²) in [4.78, 5) is 32.1. The largest absolute Gasteiger partial charge is 0.450 e. The number of hydrogen-bond acceptors (Lipinski definition) is 4. The Hall–Kier alpha value is -2.64. The molecule has 7 nitrogen and oxygen atoms in total. The molecule has 2 aromatic rings. The number of amides is 2. The number of hydrogen-bond donors (Lipinski definition) is 0. The zero-order valence-electron chi connectivity index (χ0n) is 13.7. The lowest BCUT2D eigenvalue weighted by Gasteiger charge is -2.34. The monoisotopic (exact) mass is 334 g/mol. The molecule has 0 aromatic carbocycles. The van der Waals surface area contributed by atoms with E-state index in [1.807, 2.05) is 0 Å². The SMILES string of the molecule is CCOC(=O)N1CCN(C(=O)c2c(C)nc3ccc(F)cn23)CC1. The number of aromatic nitrogens is 2. The van der Waals surface area contributed by atoms with E-state index in [2.05, 4.69) is 4.98 Å². The molecule has 1 aliphatic heterocycles. The first-order valence-corrected chi connectivity index (χ1v) is 7.86. The van der Waals surface area contributed by atoms with E-state index in [0.717, 1.165) is 0 Å². The van der Waals surface area contributed by atoms with E-state index in [0.29, 0.717) is 49.8 Å². The van der Waals surface area contributed by atoms with Crippen LogP contribution < -0.4 is 0 Å². The van der Waals surface area contributed by atoms with E-state index in [4.69, 9.17) is 4.74 Å². The summed E-state index contributed by atoms with van der Waals surface area (Å²) in [6, 6.07) is 2.85. The van der Waals surface area contributed by atoms with Crippen LogP contribution in [0.4, 0.5) is 9.18 Å². The Morgan fingerprint density at radius 2 is 1.88 bits per heavy atom. The molecule has 1 saturated heterocycles. The number of rotatable bonds is 2. The summed E-state index contributed by atoms with van der Waals surface area (Å²) in [6.07, 6.45) is 0.898. The minimum absolute atomic E-state index is 0.214. The van der Waals surface area contributed by atoms with Crippen molar-refractivity contribution in [1.29, 1.82) is 0 Å². The first kappa shape index (κ1) is 16.2. The Labute approximate surface area is 138 Å². The smallest absolute Gasteiger partial charge is 0.409 e. The maximum atomic E-state index is 13.5. The molecule has 0 radical (unpaired) electrons. The lowest BCUT2D eigenvalue weighted by molar-refractivity contribution is 0.0564. The average Bonchev–Trinajstić information content (AvgIpc) is 2.89. The molecule has 24 heavy (non-hydrogen) atoms. The number of carbonyl (C=O) groups excluding carboxylic acids is 2. The van der Waals surface area contributed by atoms with Gasteiger partial charge >= 0.3 is 6.09 Å². The zero-order chi connectivity index (χ0) is 17.3. The van der Waals surface area contributed by atoms with Crippen molar-refractivity contribution in [2.45, 2.75) is 13.8 Å². The predicted octanol–water partition coefficient (Wildman–Crippen LogP) is 1.70. The number of carbonyl (C=O) groups is 2. The van der Waals surface area contributed by atoms with Crippen LogP contribution in [0.5, 0.6) is 0 Å². The van der Waals surface area contributed by atoms with Crippen LogP contribution in [0.25, 0.3) is 5.65 Å². The van der Waals surface area contributed by atoms with E-state index in [-0.39, 0.29) is 12.0 Å². The molecule has 0 saturated carbocycles. The Balaban J connectivity index is 1.78. The van der Waals surface area contributed by atoms with Crippen LogP contribution in [0, 0.1) is 12.7 Å². The third-order valence-electron chi connectivity index (χ3n) is 4.05. The van der Waals surface area contributed by atoms with E-state index >= 15 is 0 Å². The summed E-state index contributed by atoms with van der Waals surface area (Å²) < 4.78 is 20.0. The van der Waals surface area contributed by atoms with Crippen molar-refractivity contribution in [3.05, 3.63) is 35.5 Å². The summed E-state index contributed by atoms with van der Waals surface area (Å²) in [7, 11) is 0. The summed E-state index contributed by atoms with van der Waals surface area (Å²) >= 11 is 0. The molecule has 128 valence electrons. The number of piperazine rings is 1. The molecule has 1 aliphatic rings. The summed E-state index contributed by atoms with van der Waals surface area (Å²) in [5.41, 5.74) is 1.44. The van der Waals surface area contributed by atoms with Gasteiger partial charge in [-0.2, -0.15) is 0 Å². The van der Waals surface area contributed by atoms with Gasteiger partial charge in [-0.25, -0.2) is 14.2 Å². The van der Waals surface area contributed by atoms with Crippen molar-refractivity contribution in [3.8, 4) is 0 Å². The van der Waals surface area contributed by atoms with Gasteiger partial charge in [-0.1, -0.05) is 0 Å². The number of halogens is 1. The van der Waals surface area contributed by atoms with Gasteiger partial charge in [-0.3, -0.25) is 9.20 Å². The van der Waals surface area contributed by atoms with Gasteiger partial charge in [0.15, 0.2) is 0 Å². The van der Waals surface area contributed by atoms with Crippen LogP contribution in [0.3, 0.4) is 0 Å². The van der Waals surface area contributed by atoms with Crippen LogP contribution in [0.1, 0.15) is 23.1 Å². The highest BCUT2D eigenvalue weighted by Crippen LogP contribution is 2.16. The summed E-state index contributed by atoms with van der Waals surface area (Å²) in [5.74, 6) is -0.643. The topological polar surface area (TPSA) is 67.2 Å². The van der Waals surface area contributed by atoms with E-state index in [9.17, 15) is 14.0 Å². The lowest BCUT2D eigenvalue weighted by Crippen LogP contribution is -2.51. The molecule has 3 heterocycles. The second-order valence-electron chi connectivity index (χ2n) is 5.60. The minimum Gasteiger partial charge on any atom is -0.450 e. The van der Waals surface area contributed by atoms with Gasteiger partial charge < -0.3 is 14.5 Å². The van der Waals surface area contributed by atoms with Gasteiger partial charge in [0.2, 0.25) is 0 Å². The standard InChI is InChI=1S/C16H19FN4O3/c1-3-24-16(23)20-8-6-19(7-9-20)15(22)14-11(2)18-13-5-4-12(17)10-21(13)14/h4-5,10H,3,6-9H2,1-2H3. The molecule has 3 rings (SSSR count). The Kier molecular flexibility index (Phi) is 4.37. The molecule has 2 aromatic heterocycles. The van der Waals surface area contributed by atoms with Crippen LogP contribution in [0.15, 0.2) is 18.3 Å². The molecule has 0 bridgehead atoms. The van der Waals surface area contributed by atoms with Crippen molar-refractivity contribution in [3.63, 3.8) is 0 Å². The third kappa shape index (κ3) is 2.91. The molecule has 0 unspecified atom stereocenters. The van der Waals surface area contributed by atoms with Gasteiger partial charge in [-0.15, -0.1) is 0 Å². The number of pyridine rings is 1. The minimum atomic E-state index is -0.430. The van der Waals surface area contributed by atoms with Crippen molar-refractivity contribution in [2.75, 3.05) is 32.8 Å². The van der Waals surface area contributed by atoms with Crippen molar-refractivity contribution < 1.29 is 18.7 Å². The number of fused-ring (bicyclic) bond motifs is 1. The van der Waals surface area contributed by atoms with Crippen molar-refractivity contribution in [1.82, 2.24) is 19.2 Å². The normalized spacial score (nSPS) is 15.0. The molecule has 8 heteroatoms. The predicted molar refractivity (Wildman–Crippen MR) is 84.4 cm³/mol. The lowest BCUT2D eigenvalue weighted by atomic mass is 10.2. The summed E-state index contributed by atoms with van der Waals surface area (Å²) in [6.45, 7) is 5.44. The zero-order valence-corrected chi connectivity index (χ0v) is 13.7. The Bertz CT molecular complexity index is 781. The van der Waals surface area contributed by atoms with Crippen LogP contribution in [-0.2, 0) is 4.74 Å². The first-order chi connectivity index (χ1) is 11.5. The summed E-state index contributed by atoms with van der Waals surface area (Å²) in [5, 5.41) is 0. The number of nitrogens with zero attached hydrogens (tertiary/aromatic N) is 4. The van der Waals surface area contributed by atoms with Crippen LogP contribution in [0.2, 0.25) is 0 Å². The van der Waals surface area contributed by atoms with E-state index in [1.54, 1.807) is 23.6 Å². The second kappa shape index (κ2) is 6.46. The highest BCUT2D eigenvalue weighted by molar-refractivity contribution is 5.94. The molecular formula is C16H19FN4O3. The molecule has 1 fully saturated rings. The van der Waals surface area contributed by atoms with Gasteiger partial charge in [0.05, 0.1) is 12.3 Å². The van der Waals surface area contributed by atoms with E-state index in [1.165, 1.54) is 22.7 Å². The maximum absolute atomic E-state index is 13.5. The maximum Gasteiger partial charge on any atom is 0.409 e. The molecule has 0 N–H and O–H groups in total. The third-order valence-corrected chi connectivity index (χ3v) is 4.05. The number of aryl methyl sites for hydroxylation is 1. The second-order valence-corrected chi connectivity index (χ2v) is 5.60. The van der Waals surface area contributed by atoms with Crippen LogP contribution in [-0.4, -0.2) is 64.0 Å². The first-order valence-electron chi connectivity index (χ1n) is 7.86. The van der Waals surface area contributed by atoms with Gasteiger partial charge in [0.1, 0.15) is 17.2 Å². The average molecular weight is 334 g/mol. The van der Waals surface area contributed by atoms with Gasteiger partial charge in [0.25, 0.3) is 5.91 Å². The quantitative estimate of drug-likeness (QED) is 0.838. The molecule has 0 atom stereocenters. The Morgan fingerprint density at radius 1 is 1.21 bits per heavy atom. The number of ether oxygens (including phenoxy) is 1. The Morgan fingerprint density at radius 3 is 2.54 bits per heavy atom. The molecule has 2 amide bonds. The molecule has 0 aliphatic carbocycles. The van der Waals surface area contributed by atoms with E-state index < -0.39 is 5.82 Å². The molecular weight excluding hydrogens is 315 g/mol. The fourth-order valence-corrected chi connectivity index (χ4v) is 2.85. The number of imidazole rings is 1. The van der Waals surface area contributed by atoms with Crippen molar-refractivity contribution in [2.24, 2.45) is 0 Å². The van der Waals surface area contributed by atoms with Gasteiger partial charge in [-0.05, 0) is 26.0 Å².